The number of amides is 1. The van der Waals surface area contributed by atoms with E-state index in [2.05, 4.69) is 20.6 Å². The monoisotopic (exact) mass is 414 g/mol. The van der Waals surface area contributed by atoms with Gasteiger partial charge in [0.2, 0.25) is 0 Å². The Balaban J connectivity index is 1.46. The molecule has 0 fully saturated rings. The molecular weight excluding hydrogens is 395 g/mol. The van der Waals surface area contributed by atoms with Crippen LogP contribution in [0.15, 0.2) is 85.2 Å². The van der Waals surface area contributed by atoms with Gasteiger partial charge in [-0.1, -0.05) is 12.1 Å². The first kappa shape index (κ1) is 20.0. The summed E-state index contributed by atoms with van der Waals surface area (Å²) in [5.74, 6) is 0.637. The second kappa shape index (κ2) is 9.04. The first-order valence-corrected chi connectivity index (χ1v) is 9.52. The molecule has 31 heavy (non-hydrogen) atoms. The second-order valence-electron chi connectivity index (χ2n) is 6.65. The zero-order chi connectivity index (χ0) is 21.6. The molecule has 0 saturated heterocycles. The van der Waals surface area contributed by atoms with Gasteiger partial charge in [-0.25, -0.2) is 14.4 Å². The lowest BCUT2D eigenvalue weighted by Gasteiger charge is -2.11. The van der Waals surface area contributed by atoms with Gasteiger partial charge in [-0.15, -0.1) is 0 Å². The van der Waals surface area contributed by atoms with Crippen molar-refractivity contribution in [1.29, 1.82) is 0 Å². The summed E-state index contributed by atoms with van der Waals surface area (Å²) in [4.78, 5) is 21.0. The van der Waals surface area contributed by atoms with Gasteiger partial charge in [0.1, 0.15) is 23.7 Å². The third-order valence-corrected chi connectivity index (χ3v) is 4.58. The van der Waals surface area contributed by atoms with Crippen LogP contribution in [0, 0.1) is 5.82 Å². The van der Waals surface area contributed by atoms with Gasteiger partial charge in [-0.2, -0.15) is 0 Å². The number of hydrogen-bond acceptors (Lipinski definition) is 5. The van der Waals surface area contributed by atoms with Crippen LogP contribution >= 0.6 is 0 Å². The summed E-state index contributed by atoms with van der Waals surface area (Å²) in [5.41, 5.74) is 3.33. The van der Waals surface area contributed by atoms with Gasteiger partial charge in [0.15, 0.2) is 0 Å². The van der Waals surface area contributed by atoms with E-state index in [1.807, 2.05) is 12.1 Å². The van der Waals surface area contributed by atoms with Gasteiger partial charge in [0, 0.05) is 22.9 Å². The van der Waals surface area contributed by atoms with Crippen molar-refractivity contribution in [3.8, 4) is 17.0 Å². The number of carbonyl (C=O) groups is 1. The predicted octanol–water partition coefficient (Wildman–Crippen LogP) is 5.29. The van der Waals surface area contributed by atoms with Gasteiger partial charge < -0.3 is 15.4 Å². The molecule has 0 spiro atoms. The topological polar surface area (TPSA) is 76.1 Å². The highest BCUT2D eigenvalue weighted by atomic mass is 19.1. The third kappa shape index (κ3) is 4.84. The van der Waals surface area contributed by atoms with Crippen LogP contribution in [0.5, 0.6) is 5.75 Å². The number of hydrogen-bond donors (Lipinski definition) is 2. The Morgan fingerprint density at radius 3 is 2.42 bits per heavy atom. The normalized spacial score (nSPS) is 10.4. The molecule has 0 atom stereocenters. The van der Waals surface area contributed by atoms with Crippen molar-refractivity contribution >= 4 is 23.1 Å². The zero-order valence-corrected chi connectivity index (χ0v) is 16.7. The lowest BCUT2D eigenvalue weighted by molar-refractivity contribution is 0.102. The molecule has 4 aromatic rings. The van der Waals surface area contributed by atoms with Crippen LogP contribution in [0.3, 0.4) is 0 Å². The van der Waals surface area contributed by atoms with Crippen molar-refractivity contribution in [2.75, 3.05) is 17.7 Å². The number of ether oxygens (including phenoxy) is 1. The maximum atomic E-state index is 13.1. The summed E-state index contributed by atoms with van der Waals surface area (Å²) in [6.45, 7) is 0. The highest BCUT2D eigenvalue weighted by Crippen LogP contribution is 2.25. The Kier molecular flexibility index (Phi) is 5.84. The van der Waals surface area contributed by atoms with E-state index in [0.717, 1.165) is 11.3 Å². The van der Waals surface area contributed by atoms with Crippen LogP contribution in [-0.4, -0.2) is 23.0 Å². The summed E-state index contributed by atoms with van der Waals surface area (Å²) in [6.07, 6.45) is 1.44. The molecule has 0 radical (unpaired) electrons. The highest BCUT2D eigenvalue weighted by Gasteiger charge is 2.10. The zero-order valence-electron chi connectivity index (χ0n) is 16.7. The van der Waals surface area contributed by atoms with Crippen molar-refractivity contribution in [2.45, 2.75) is 0 Å². The minimum Gasteiger partial charge on any atom is -0.495 e. The smallest absolute Gasteiger partial charge is 0.255 e. The molecule has 0 bridgehead atoms. The Morgan fingerprint density at radius 1 is 0.935 bits per heavy atom. The predicted molar refractivity (Wildman–Crippen MR) is 118 cm³/mol. The molecule has 1 amide bonds. The van der Waals surface area contributed by atoms with E-state index in [9.17, 15) is 9.18 Å². The largest absolute Gasteiger partial charge is 0.495 e. The van der Waals surface area contributed by atoms with Crippen molar-refractivity contribution in [3.05, 3.63) is 96.6 Å². The van der Waals surface area contributed by atoms with E-state index < -0.39 is 0 Å². The Morgan fingerprint density at radius 2 is 1.68 bits per heavy atom. The van der Waals surface area contributed by atoms with E-state index in [-0.39, 0.29) is 11.7 Å². The van der Waals surface area contributed by atoms with Crippen LogP contribution in [0.25, 0.3) is 11.3 Å². The molecule has 0 aliphatic heterocycles. The quantitative estimate of drug-likeness (QED) is 0.449. The van der Waals surface area contributed by atoms with Gasteiger partial charge in [-0.3, -0.25) is 4.79 Å². The molecule has 3 aromatic carbocycles. The minimum absolute atomic E-state index is 0.239. The van der Waals surface area contributed by atoms with Crippen molar-refractivity contribution in [3.63, 3.8) is 0 Å². The average Bonchev–Trinajstić information content (AvgIpc) is 2.80. The van der Waals surface area contributed by atoms with Crippen LogP contribution in [0.4, 0.5) is 21.6 Å². The van der Waals surface area contributed by atoms with E-state index in [1.165, 1.54) is 18.5 Å². The Labute approximate surface area is 178 Å². The summed E-state index contributed by atoms with van der Waals surface area (Å²) in [5, 5.41) is 6.03. The molecule has 1 heterocycles. The van der Waals surface area contributed by atoms with E-state index >= 15 is 0 Å². The van der Waals surface area contributed by atoms with Crippen molar-refractivity contribution in [2.24, 2.45) is 0 Å². The standard InChI is InChI=1S/C24H19FN4O2/c1-31-22-5-3-2-4-20(22)29-24(30)17-8-12-19(13-9-17)28-23-14-21(26-15-27-23)16-6-10-18(25)11-7-16/h2-15H,1H3,(H,29,30)(H,26,27,28). The number of nitrogens with zero attached hydrogens (tertiary/aromatic N) is 2. The van der Waals surface area contributed by atoms with Gasteiger partial charge in [-0.05, 0) is 60.7 Å². The Hall–Kier alpha value is -4.26. The first-order chi connectivity index (χ1) is 15.1. The summed E-state index contributed by atoms with van der Waals surface area (Å²) in [6, 6.07) is 22.1. The number of aromatic nitrogens is 2. The number of rotatable bonds is 6. The van der Waals surface area contributed by atoms with Gasteiger partial charge in [0.25, 0.3) is 5.91 Å². The van der Waals surface area contributed by atoms with Gasteiger partial charge in [0.05, 0.1) is 18.5 Å². The molecule has 154 valence electrons. The molecular formula is C24H19FN4O2. The molecule has 4 rings (SSSR count). The maximum absolute atomic E-state index is 13.1. The van der Waals surface area contributed by atoms with E-state index in [0.29, 0.717) is 28.5 Å². The number of benzene rings is 3. The number of nitrogens with one attached hydrogen (secondary N) is 2. The summed E-state index contributed by atoms with van der Waals surface area (Å²) >= 11 is 0. The fourth-order valence-corrected chi connectivity index (χ4v) is 3.00. The summed E-state index contributed by atoms with van der Waals surface area (Å²) in [7, 11) is 1.56. The number of para-hydroxylation sites is 2. The highest BCUT2D eigenvalue weighted by molar-refractivity contribution is 6.05. The van der Waals surface area contributed by atoms with Gasteiger partial charge >= 0.3 is 0 Å². The lowest BCUT2D eigenvalue weighted by Crippen LogP contribution is -2.12. The molecule has 0 saturated carbocycles. The van der Waals surface area contributed by atoms with Crippen molar-refractivity contribution < 1.29 is 13.9 Å². The third-order valence-electron chi connectivity index (χ3n) is 4.58. The van der Waals surface area contributed by atoms with Crippen LogP contribution < -0.4 is 15.4 Å². The number of carbonyl (C=O) groups excluding carboxylic acids is 1. The average molecular weight is 414 g/mol. The molecule has 7 heteroatoms. The second-order valence-corrected chi connectivity index (χ2v) is 6.65. The van der Waals surface area contributed by atoms with Crippen LogP contribution in [0.2, 0.25) is 0 Å². The lowest BCUT2D eigenvalue weighted by atomic mass is 10.1. The number of methoxy groups -OCH3 is 1. The number of halogens is 1. The Bertz CT molecular complexity index is 1190. The fourth-order valence-electron chi connectivity index (χ4n) is 3.00. The van der Waals surface area contributed by atoms with Crippen LogP contribution in [-0.2, 0) is 0 Å². The van der Waals surface area contributed by atoms with E-state index in [1.54, 1.807) is 61.7 Å². The molecule has 0 unspecified atom stereocenters. The molecule has 1 aromatic heterocycles. The minimum atomic E-state index is -0.300. The van der Waals surface area contributed by atoms with E-state index in [4.69, 9.17) is 4.74 Å². The van der Waals surface area contributed by atoms with Crippen molar-refractivity contribution in [1.82, 2.24) is 9.97 Å². The molecule has 0 aliphatic carbocycles. The SMILES string of the molecule is COc1ccccc1NC(=O)c1ccc(Nc2cc(-c3ccc(F)cc3)ncn2)cc1. The molecule has 2 N–H and O–H groups in total. The maximum Gasteiger partial charge on any atom is 0.255 e. The molecule has 6 nitrogen and oxygen atoms in total. The summed E-state index contributed by atoms with van der Waals surface area (Å²) < 4.78 is 18.4. The fraction of sp³-hybridized carbons (Fsp3) is 0.0417. The number of anilines is 3. The van der Waals surface area contributed by atoms with Crippen LogP contribution in [0.1, 0.15) is 10.4 Å². The molecule has 0 aliphatic rings. The first-order valence-electron chi connectivity index (χ1n) is 9.52.